The minimum absolute atomic E-state index is 0.218. The number of nitrogens with zero attached hydrogens (tertiary/aromatic N) is 1. The van der Waals surface area contributed by atoms with Crippen molar-refractivity contribution < 1.29 is 4.79 Å². The highest BCUT2D eigenvalue weighted by atomic mass is 32.1. The Morgan fingerprint density at radius 2 is 2.04 bits per heavy atom. The molecule has 1 amide bonds. The monoisotopic (exact) mass is 411 g/mol. The first-order valence-corrected chi connectivity index (χ1v) is 10.7. The number of amides is 1. The molecule has 0 saturated carbocycles. The zero-order valence-corrected chi connectivity index (χ0v) is 18.3. The number of thiophene rings is 1. The average Bonchev–Trinajstić information content (AvgIpc) is 2.97. The second-order valence-corrected chi connectivity index (χ2v) is 9.86. The number of hydrogen-bond donors (Lipinski definition) is 2. The number of rotatable bonds is 2. The first kappa shape index (κ1) is 20.5. The van der Waals surface area contributed by atoms with Crippen LogP contribution < -0.4 is 10.6 Å². The number of hydrogen-bond acceptors (Lipinski definition) is 4. The van der Waals surface area contributed by atoms with Crippen LogP contribution in [0.5, 0.6) is 0 Å². The summed E-state index contributed by atoms with van der Waals surface area (Å²) in [6.07, 6.45) is 3.00. The third-order valence-corrected chi connectivity index (χ3v) is 6.82. The first-order valence-electron chi connectivity index (χ1n) is 9.43. The topological polar surface area (TPSA) is 64.9 Å². The molecule has 0 bridgehead atoms. The molecule has 28 heavy (non-hydrogen) atoms. The van der Waals surface area contributed by atoms with E-state index in [1.807, 2.05) is 25.1 Å². The Balaban J connectivity index is 1.75. The fourth-order valence-electron chi connectivity index (χ4n) is 3.66. The molecule has 1 aromatic heterocycles. The zero-order valence-electron chi connectivity index (χ0n) is 16.7. The van der Waals surface area contributed by atoms with Gasteiger partial charge in [0.2, 0.25) is 0 Å². The molecule has 1 heterocycles. The lowest BCUT2D eigenvalue weighted by Crippen LogP contribution is -2.34. The van der Waals surface area contributed by atoms with Gasteiger partial charge in [-0.3, -0.25) is 10.1 Å². The van der Waals surface area contributed by atoms with Crippen molar-refractivity contribution in [2.24, 2.45) is 11.3 Å². The lowest BCUT2D eigenvalue weighted by atomic mass is 9.72. The van der Waals surface area contributed by atoms with Crippen LogP contribution in [-0.2, 0) is 12.8 Å². The second-order valence-electron chi connectivity index (χ2n) is 8.35. The van der Waals surface area contributed by atoms with Crippen LogP contribution in [0.3, 0.4) is 0 Å². The molecule has 4 nitrogen and oxygen atoms in total. The SMILES string of the molecule is Cc1ccccc1C(=O)NC(=S)Nc1sc2c(c1C#N)CCC(C(C)(C)C)C2. The molecule has 0 saturated heterocycles. The minimum atomic E-state index is -0.247. The van der Waals surface area contributed by atoms with Gasteiger partial charge in [0.15, 0.2) is 5.11 Å². The lowest BCUT2D eigenvalue weighted by Gasteiger charge is -2.33. The van der Waals surface area contributed by atoms with Crippen molar-refractivity contribution in [2.45, 2.75) is 47.0 Å². The summed E-state index contributed by atoms with van der Waals surface area (Å²) in [7, 11) is 0. The fourth-order valence-corrected chi connectivity index (χ4v) is 5.21. The summed E-state index contributed by atoms with van der Waals surface area (Å²) in [5, 5.41) is 16.5. The molecule has 0 radical (unpaired) electrons. The lowest BCUT2D eigenvalue weighted by molar-refractivity contribution is 0.0977. The number of fused-ring (bicyclic) bond motifs is 1. The molecule has 2 aromatic rings. The molecule has 1 aliphatic rings. The van der Waals surface area contributed by atoms with E-state index in [2.05, 4.69) is 37.5 Å². The van der Waals surface area contributed by atoms with E-state index in [1.165, 1.54) is 4.88 Å². The van der Waals surface area contributed by atoms with Crippen molar-refractivity contribution >= 4 is 39.6 Å². The summed E-state index contributed by atoms with van der Waals surface area (Å²) in [4.78, 5) is 13.7. The summed E-state index contributed by atoms with van der Waals surface area (Å²) >= 11 is 6.93. The van der Waals surface area contributed by atoms with Crippen LogP contribution in [0.1, 0.15) is 59.1 Å². The van der Waals surface area contributed by atoms with Crippen molar-refractivity contribution in [3.63, 3.8) is 0 Å². The quantitative estimate of drug-likeness (QED) is 0.666. The molecule has 3 rings (SSSR count). The van der Waals surface area contributed by atoms with Crippen LogP contribution in [0.25, 0.3) is 0 Å². The molecule has 1 atom stereocenters. The molecular weight excluding hydrogens is 386 g/mol. The third kappa shape index (κ3) is 4.26. The van der Waals surface area contributed by atoms with Crippen LogP contribution >= 0.6 is 23.6 Å². The highest BCUT2D eigenvalue weighted by Gasteiger charge is 2.32. The van der Waals surface area contributed by atoms with E-state index in [4.69, 9.17) is 12.2 Å². The molecule has 6 heteroatoms. The van der Waals surface area contributed by atoms with Gasteiger partial charge in [0, 0.05) is 10.4 Å². The van der Waals surface area contributed by atoms with Crippen molar-refractivity contribution in [3.8, 4) is 6.07 Å². The molecule has 1 aliphatic carbocycles. The fraction of sp³-hybridized carbons (Fsp3) is 0.409. The number of aryl methyl sites for hydroxylation is 1. The minimum Gasteiger partial charge on any atom is -0.323 e. The highest BCUT2D eigenvalue weighted by molar-refractivity contribution is 7.80. The van der Waals surface area contributed by atoms with E-state index in [9.17, 15) is 10.1 Å². The van der Waals surface area contributed by atoms with Gasteiger partial charge in [0.25, 0.3) is 5.91 Å². The Morgan fingerprint density at radius 3 is 2.68 bits per heavy atom. The smallest absolute Gasteiger partial charge is 0.257 e. The van der Waals surface area contributed by atoms with Gasteiger partial charge in [-0.1, -0.05) is 39.0 Å². The van der Waals surface area contributed by atoms with Crippen molar-refractivity contribution in [1.29, 1.82) is 5.26 Å². The molecule has 2 N–H and O–H groups in total. The van der Waals surface area contributed by atoms with E-state index < -0.39 is 0 Å². The number of thiocarbonyl (C=S) groups is 1. The van der Waals surface area contributed by atoms with E-state index in [1.54, 1.807) is 17.4 Å². The summed E-state index contributed by atoms with van der Waals surface area (Å²) < 4.78 is 0. The maximum atomic E-state index is 12.5. The maximum Gasteiger partial charge on any atom is 0.257 e. The first-order chi connectivity index (χ1) is 13.2. The Bertz CT molecular complexity index is 963. The number of nitrogens with one attached hydrogen (secondary N) is 2. The van der Waals surface area contributed by atoms with Gasteiger partial charge >= 0.3 is 0 Å². The normalized spacial score (nSPS) is 16.0. The van der Waals surface area contributed by atoms with Crippen LogP contribution in [0.2, 0.25) is 0 Å². The molecule has 0 aliphatic heterocycles. The van der Waals surface area contributed by atoms with Crippen molar-refractivity contribution in [1.82, 2.24) is 5.32 Å². The van der Waals surface area contributed by atoms with Crippen molar-refractivity contribution in [2.75, 3.05) is 5.32 Å². The number of nitriles is 1. The summed E-state index contributed by atoms with van der Waals surface area (Å²) in [5.74, 6) is 0.356. The average molecular weight is 412 g/mol. The predicted molar refractivity (Wildman–Crippen MR) is 119 cm³/mol. The zero-order chi connectivity index (χ0) is 20.5. The van der Waals surface area contributed by atoms with Gasteiger partial charge in [-0.15, -0.1) is 11.3 Å². The Labute approximate surface area is 176 Å². The van der Waals surface area contributed by atoms with Crippen LogP contribution in [0.4, 0.5) is 5.00 Å². The number of benzene rings is 1. The van der Waals surface area contributed by atoms with Gasteiger partial charge in [-0.25, -0.2) is 0 Å². The number of anilines is 1. The highest BCUT2D eigenvalue weighted by Crippen LogP contribution is 2.43. The van der Waals surface area contributed by atoms with E-state index in [0.29, 0.717) is 17.0 Å². The van der Waals surface area contributed by atoms with Gasteiger partial charge < -0.3 is 5.32 Å². The van der Waals surface area contributed by atoms with Crippen LogP contribution in [-0.4, -0.2) is 11.0 Å². The van der Waals surface area contributed by atoms with Gasteiger partial charge in [0.1, 0.15) is 11.1 Å². The van der Waals surface area contributed by atoms with E-state index >= 15 is 0 Å². The van der Waals surface area contributed by atoms with Crippen LogP contribution in [0.15, 0.2) is 24.3 Å². The third-order valence-electron chi connectivity index (χ3n) is 5.45. The van der Waals surface area contributed by atoms with Crippen molar-refractivity contribution in [3.05, 3.63) is 51.4 Å². The van der Waals surface area contributed by atoms with Gasteiger partial charge in [-0.05, 0) is 66.9 Å². The molecule has 146 valence electrons. The molecular formula is C22H25N3OS2. The van der Waals surface area contributed by atoms with Gasteiger partial charge in [-0.2, -0.15) is 5.26 Å². The summed E-state index contributed by atoms with van der Waals surface area (Å²) in [5.41, 5.74) is 3.54. The van der Waals surface area contributed by atoms with Gasteiger partial charge in [0.05, 0.1) is 5.56 Å². The summed E-state index contributed by atoms with van der Waals surface area (Å²) in [6.45, 7) is 8.71. The second kappa shape index (κ2) is 8.02. The predicted octanol–water partition coefficient (Wildman–Crippen LogP) is 5.21. The Kier molecular flexibility index (Phi) is 5.87. The number of carbonyl (C=O) groups excluding carboxylic acids is 1. The van der Waals surface area contributed by atoms with E-state index in [-0.39, 0.29) is 16.4 Å². The molecule has 0 spiro atoms. The largest absolute Gasteiger partial charge is 0.323 e. The standard InChI is InChI=1S/C22H25N3OS2/c1-13-7-5-6-8-15(13)19(26)24-21(27)25-20-17(12-23)16-10-9-14(22(2,3)4)11-18(16)28-20/h5-8,14H,9-11H2,1-4H3,(H2,24,25,26,27). The van der Waals surface area contributed by atoms with E-state index in [0.717, 1.165) is 35.4 Å². The maximum absolute atomic E-state index is 12.5. The molecule has 1 aromatic carbocycles. The van der Waals surface area contributed by atoms with Crippen LogP contribution in [0, 0.1) is 29.6 Å². The molecule has 0 fully saturated rings. The molecule has 1 unspecified atom stereocenters. The Hall–Kier alpha value is -2.23. The summed E-state index contributed by atoms with van der Waals surface area (Å²) in [6, 6.07) is 9.70. The Morgan fingerprint density at radius 1 is 1.32 bits per heavy atom. The number of carbonyl (C=O) groups is 1.